The van der Waals surface area contributed by atoms with Crippen molar-refractivity contribution in [2.75, 3.05) is 0 Å². The second-order valence-corrected chi connectivity index (χ2v) is 8.39. The number of rotatable bonds is 6. The van der Waals surface area contributed by atoms with Crippen molar-refractivity contribution in [2.24, 2.45) is 5.73 Å². The minimum Gasteiger partial charge on any atom is -0.480 e. The van der Waals surface area contributed by atoms with Gasteiger partial charge in [0.25, 0.3) is 0 Å². The lowest BCUT2D eigenvalue weighted by molar-refractivity contribution is -0.169. The first-order chi connectivity index (χ1) is 12.2. The average molecular weight is 379 g/mol. The van der Waals surface area contributed by atoms with E-state index in [-0.39, 0.29) is 6.42 Å². The Morgan fingerprint density at radius 2 is 1.48 bits per heavy atom. The van der Waals surface area contributed by atoms with Crippen LogP contribution in [0.4, 0.5) is 0 Å². The Bertz CT molecular complexity index is 671. The number of carbonyl (C=O) groups excluding carboxylic acids is 2. The topological polar surface area (TPSA) is 116 Å². The summed E-state index contributed by atoms with van der Waals surface area (Å²) in [6.07, 6.45) is 0.0680. The molecule has 0 bridgehead atoms. The molecule has 7 heteroatoms. The zero-order valence-electron chi connectivity index (χ0n) is 16.7. The van der Waals surface area contributed by atoms with Crippen LogP contribution in [-0.4, -0.2) is 40.3 Å². The van der Waals surface area contributed by atoms with Gasteiger partial charge in [-0.25, -0.2) is 0 Å². The Labute approximate surface area is 159 Å². The number of hydrogen-bond donors (Lipinski definition) is 2. The van der Waals surface area contributed by atoms with Crippen molar-refractivity contribution < 1.29 is 29.0 Å². The molecule has 0 radical (unpaired) electrons. The van der Waals surface area contributed by atoms with Gasteiger partial charge < -0.3 is 20.3 Å². The van der Waals surface area contributed by atoms with E-state index in [2.05, 4.69) is 0 Å². The van der Waals surface area contributed by atoms with Crippen LogP contribution in [0.25, 0.3) is 0 Å². The lowest BCUT2D eigenvalue weighted by Crippen LogP contribution is -2.35. The summed E-state index contributed by atoms with van der Waals surface area (Å²) in [5.74, 6) is -3.85. The van der Waals surface area contributed by atoms with Crippen molar-refractivity contribution in [2.45, 2.75) is 71.1 Å². The maximum atomic E-state index is 12.7. The fourth-order valence-corrected chi connectivity index (χ4v) is 2.33. The van der Waals surface area contributed by atoms with Gasteiger partial charge in [0.15, 0.2) is 5.92 Å². The van der Waals surface area contributed by atoms with Crippen LogP contribution in [0.3, 0.4) is 0 Å². The van der Waals surface area contributed by atoms with E-state index in [1.807, 2.05) is 0 Å². The van der Waals surface area contributed by atoms with Crippen LogP contribution in [0.2, 0.25) is 0 Å². The maximum Gasteiger partial charge on any atom is 0.325 e. The van der Waals surface area contributed by atoms with Crippen LogP contribution in [0.15, 0.2) is 24.3 Å². The molecule has 0 saturated carbocycles. The van der Waals surface area contributed by atoms with Crippen LogP contribution in [0, 0.1) is 0 Å². The summed E-state index contributed by atoms with van der Waals surface area (Å²) in [6, 6.07) is 5.44. The summed E-state index contributed by atoms with van der Waals surface area (Å²) in [7, 11) is 0. The maximum absolute atomic E-state index is 12.7. The highest BCUT2D eigenvalue weighted by Gasteiger charge is 2.36. The number of hydrogen-bond acceptors (Lipinski definition) is 6. The molecule has 1 atom stereocenters. The molecule has 0 aromatic heterocycles. The molecule has 0 aliphatic rings. The van der Waals surface area contributed by atoms with Crippen molar-refractivity contribution in [3.8, 4) is 0 Å². The highest BCUT2D eigenvalue weighted by molar-refractivity contribution is 6.01. The Kier molecular flexibility index (Phi) is 7.14. The average Bonchev–Trinajstić information content (AvgIpc) is 2.43. The molecule has 27 heavy (non-hydrogen) atoms. The molecule has 0 aliphatic heterocycles. The van der Waals surface area contributed by atoms with Crippen LogP contribution in [0.5, 0.6) is 0 Å². The van der Waals surface area contributed by atoms with E-state index < -0.39 is 41.1 Å². The van der Waals surface area contributed by atoms with Gasteiger partial charge in [0.1, 0.15) is 17.2 Å². The molecular formula is C20H29NO6. The normalized spacial score (nSPS) is 13.2. The molecule has 7 nitrogen and oxygen atoms in total. The summed E-state index contributed by atoms with van der Waals surface area (Å²) < 4.78 is 10.8. The molecule has 1 rings (SSSR count). The van der Waals surface area contributed by atoms with Crippen LogP contribution in [-0.2, 0) is 30.3 Å². The van der Waals surface area contributed by atoms with Crippen molar-refractivity contribution in [3.63, 3.8) is 0 Å². The number of esters is 2. The molecule has 0 fully saturated rings. The Morgan fingerprint density at radius 3 is 1.89 bits per heavy atom. The summed E-state index contributed by atoms with van der Waals surface area (Å²) in [5, 5.41) is 8.98. The number of benzene rings is 1. The first-order valence-corrected chi connectivity index (χ1v) is 8.72. The van der Waals surface area contributed by atoms with Crippen molar-refractivity contribution in [1.29, 1.82) is 0 Å². The fourth-order valence-electron chi connectivity index (χ4n) is 2.33. The quantitative estimate of drug-likeness (QED) is 0.576. The van der Waals surface area contributed by atoms with Gasteiger partial charge in [-0.3, -0.25) is 14.4 Å². The number of carboxylic acid groups (broad SMARTS) is 1. The third-order valence-electron chi connectivity index (χ3n) is 3.34. The Hall–Kier alpha value is -2.41. The molecule has 3 N–H and O–H groups in total. The summed E-state index contributed by atoms with van der Waals surface area (Å²) in [5.41, 5.74) is 4.99. The minimum atomic E-state index is -1.27. The van der Waals surface area contributed by atoms with Gasteiger partial charge in [-0.05, 0) is 59.1 Å². The zero-order valence-corrected chi connectivity index (χ0v) is 16.7. The first kappa shape index (κ1) is 22.6. The SMILES string of the molecule is CC(C)(C)OC(=O)C(C(=O)OC(C)(C)C)c1cccc(CC(N)C(=O)O)c1. The van der Waals surface area contributed by atoms with E-state index in [1.165, 1.54) is 0 Å². The molecule has 0 saturated heterocycles. The van der Waals surface area contributed by atoms with Crippen LogP contribution in [0.1, 0.15) is 58.6 Å². The summed E-state index contributed by atoms with van der Waals surface area (Å²) >= 11 is 0. The fraction of sp³-hybridized carbons (Fsp3) is 0.550. The number of carboxylic acids is 1. The van der Waals surface area contributed by atoms with Gasteiger partial charge in [-0.15, -0.1) is 0 Å². The Morgan fingerprint density at radius 1 is 1.00 bits per heavy atom. The largest absolute Gasteiger partial charge is 0.480 e. The smallest absolute Gasteiger partial charge is 0.325 e. The van der Waals surface area contributed by atoms with Gasteiger partial charge in [0.2, 0.25) is 0 Å². The van der Waals surface area contributed by atoms with Crippen LogP contribution >= 0.6 is 0 Å². The van der Waals surface area contributed by atoms with E-state index >= 15 is 0 Å². The predicted molar refractivity (Wildman–Crippen MR) is 100 cm³/mol. The lowest BCUT2D eigenvalue weighted by Gasteiger charge is -2.26. The van der Waals surface area contributed by atoms with Gasteiger partial charge in [-0.2, -0.15) is 0 Å². The number of nitrogens with two attached hydrogens (primary N) is 1. The third-order valence-corrected chi connectivity index (χ3v) is 3.34. The molecule has 0 heterocycles. The Balaban J connectivity index is 3.24. The number of aliphatic carboxylic acids is 1. The monoisotopic (exact) mass is 379 g/mol. The van der Waals surface area contributed by atoms with Crippen molar-refractivity contribution in [1.82, 2.24) is 0 Å². The van der Waals surface area contributed by atoms with E-state index in [0.717, 1.165) is 0 Å². The first-order valence-electron chi connectivity index (χ1n) is 8.72. The van der Waals surface area contributed by atoms with Gasteiger partial charge in [0, 0.05) is 0 Å². The molecular weight excluding hydrogens is 350 g/mol. The van der Waals surface area contributed by atoms with E-state index in [1.54, 1.807) is 65.8 Å². The van der Waals surface area contributed by atoms with Gasteiger partial charge >= 0.3 is 17.9 Å². The molecule has 1 unspecified atom stereocenters. The highest BCUT2D eigenvalue weighted by Crippen LogP contribution is 2.26. The molecule has 150 valence electrons. The molecule has 1 aromatic rings. The molecule has 1 aromatic carbocycles. The summed E-state index contributed by atoms with van der Waals surface area (Å²) in [6.45, 7) is 10.2. The van der Waals surface area contributed by atoms with Crippen LogP contribution < -0.4 is 5.73 Å². The van der Waals surface area contributed by atoms with E-state index in [0.29, 0.717) is 11.1 Å². The molecule has 0 aliphatic carbocycles. The molecule has 0 amide bonds. The minimum absolute atomic E-state index is 0.0680. The van der Waals surface area contributed by atoms with Gasteiger partial charge in [-0.1, -0.05) is 24.3 Å². The van der Waals surface area contributed by atoms with E-state index in [4.69, 9.17) is 20.3 Å². The lowest BCUT2D eigenvalue weighted by atomic mass is 9.94. The summed E-state index contributed by atoms with van der Waals surface area (Å²) in [4.78, 5) is 36.4. The zero-order chi connectivity index (χ0) is 21.0. The second kappa shape index (κ2) is 8.52. The highest BCUT2D eigenvalue weighted by atomic mass is 16.6. The predicted octanol–water partition coefficient (Wildman–Crippen LogP) is 2.41. The standard InChI is InChI=1S/C20H29NO6/c1-19(2,3)26-17(24)15(18(25)27-20(4,5)6)13-9-7-8-12(10-13)11-14(21)16(22)23/h7-10,14-15H,11,21H2,1-6H3,(H,22,23). The van der Waals surface area contributed by atoms with Crippen molar-refractivity contribution >= 4 is 17.9 Å². The van der Waals surface area contributed by atoms with Gasteiger partial charge in [0.05, 0.1) is 0 Å². The molecule has 0 spiro atoms. The van der Waals surface area contributed by atoms with E-state index in [9.17, 15) is 14.4 Å². The second-order valence-electron chi connectivity index (χ2n) is 8.39. The third kappa shape index (κ3) is 7.78. The number of ether oxygens (including phenoxy) is 2. The number of carbonyl (C=O) groups is 3. The van der Waals surface area contributed by atoms with Crippen molar-refractivity contribution in [3.05, 3.63) is 35.4 Å².